The second kappa shape index (κ2) is 3.97. The summed E-state index contributed by atoms with van der Waals surface area (Å²) in [6, 6.07) is 1.66. The Morgan fingerprint density at radius 3 is 2.71 bits per heavy atom. The summed E-state index contributed by atoms with van der Waals surface area (Å²) < 4.78 is 6.61. The van der Waals surface area contributed by atoms with Crippen molar-refractivity contribution in [2.24, 2.45) is 7.05 Å². The second-order valence-electron chi connectivity index (χ2n) is 3.87. The Morgan fingerprint density at radius 2 is 2.24 bits per heavy atom. The molecule has 2 aromatic rings. The van der Waals surface area contributed by atoms with Crippen molar-refractivity contribution in [3.8, 4) is 0 Å². The van der Waals surface area contributed by atoms with Crippen molar-refractivity contribution in [2.75, 3.05) is 11.1 Å². The number of rotatable bonds is 2. The molecule has 0 aliphatic carbocycles. The van der Waals surface area contributed by atoms with Gasteiger partial charge in [0.1, 0.15) is 12.0 Å². The number of nitrogens with zero attached hydrogens (tertiary/aromatic N) is 2. The zero-order chi connectivity index (χ0) is 12.6. The molecule has 0 aliphatic heterocycles. The lowest BCUT2D eigenvalue weighted by molar-refractivity contribution is 0.102. The minimum absolute atomic E-state index is 0.267. The van der Waals surface area contributed by atoms with Crippen LogP contribution in [0.5, 0.6) is 0 Å². The lowest BCUT2D eigenvalue weighted by Gasteiger charge is -2.04. The van der Waals surface area contributed by atoms with E-state index in [1.165, 1.54) is 10.9 Å². The average Bonchev–Trinajstić information content (AvgIpc) is 2.79. The molecular weight excluding hydrogens is 220 g/mol. The van der Waals surface area contributed by atoms with Gasteiger partial charge in [-0.1, -0.05) is 0 Å². The number of aryl methyl sites for hydroxylation is 3. The Hall–Kier alpha value is -2.24. The highest BCUT2D eigenvalue weighted by Gasteiger charge is 2.15. The number of nitrogens with two attached hydrogens (primary N) is 1. The van der Waals surface area contributed by atoms with Crippen LogP contribution >= 0.6 is 0 Å². The molecule has 0 aliphatic rings. The van der Waals surface area contributed by atoms with Gasteiger partial charge in [0.05, 0.1) is 16.9 Å². The molecule has 17 heavy (non-hydrogen) atoms. The Balaban J connectivity index is 2.24. The molecule has 2 aromatic heterocycles. The second-order valence-corrected chi connectivity index (χ2v) is 3.87. The van der Waals surface area contributed by atoms with Crippen LogP contribution in [-0.2, 0) is 7.05 Å². The maximum Gasteiger partial charge on any atom is 0.260 e. The molecule has 0 bridgehead atoms. The van der Waals surface area contributed by atoms with Gasteiger partial charge in [-0.2, -0.15) is 5.10 Å². The molecule has 0 atom stereocenters. The molecule has 2 rings (SSSR count). The third-order valence-corrected chi connectivity index (χ3v) is 2.49. The summed E-state index contributed by atoms with van der Waals surface area (Å²) in [6.45, 7) is 3.56. The molecular formula is C11H14N4O2. The molecule has 6 nitrogen and oxygen atoms in total. The fourth-order valence-electron chi connectivity index (χ4n) is 1.57. The van der Waals surface area contributed by atoms with E-state index in [-0.39, 0.29) is 5.91 Å². The van der Waals surface area contributed by atoms with Gasteiger partial charge in [0, 0.05) is 7.05 Å². The highest BCUT2D eigenvalue weighted by atomic mass is 16.3. The van der Waals surface area contributed by atoms with Gasteiger partial charge in [-0.05, 0) is 19.9 Å². The average molecular weight is 234 g/mol. The first kappa shape index (κ1) is 11.3. The van der Waals surface area contributed by atoms with Crippen molar-refractivity contribution in [1.82, 2.24) is 9.78 Å². The molecule has 0 fully saturated rings. The molecule has 2 heterocycles. The summed E-state index contributed by atoms with van der Waals surface area (Å²) in [5, 5.41) is 6.82. The predicted octanol–water partition coefficient (Wildman–Crippen LogP) is 1.46. The van der Waals surface area contributed by atoms with Crippen LogP contribution < -0.4 is 11.1 Å². The van der Waals surface area contributed by atoms with Crippen LogP contribution in [-0.4, -0.2) is 15.7 Å². The van der Waals surface area contributed by atoms with Crippen molar-refractivity contribution >= 4 is 17.4 Å². The van der Waals surface area contributed by atoms with Crippen LogP contribution in [0.2, 0.25) is 0 Å². The van der Waals surface area contributed by atoms with E-state index >= 15 is 0 Å². The van der Waals surface area contributed by atoms with Gasteiger partial charge < -0.3 is 15.5 Å². The van der Waals surface area contributed by atoms with Crippen molar-refractivity contribution in [2.45, 2.75) is 13.8 Å². The van der Waals surface area contributed by atoms with Gasteiger partial charge in [0.15, 0.2) is 5.82 Å². The summed E-state index contributed by atoms with van der Waals surface area (Å²) in [7, 11) is 1.72. The van der Waals surface area contributed by atoms with Gasteiger partial charge >= 0.3 is 0 Å². The van der Waals surface area contributed by atoms with E-state index in [9.17, 15) is 4.79 Å². The van der Waals surface area contributed by atoms with Crippen molar-refractivity contribution in [1.29, 1.82) is 0 Å². The molecule has 6 heteroatoms. The number of aromatic nitrogens is 2. The number of anilines is 2. The van der Waals surface area contributed by atoms with Crippen molar-refractivity contribution in [3.05, 3.63) is 29.3 Å². The van der Waals surface area contributed by atoms with Gasteiger partial charge in [-0.25, -0.2) is 0 Å². The number of hydrogen-bond donors (Lipinski definition) is 2. The SMILES string of the molecule is Cc1cc(C(=O)Nc2c(N)c(C)nn2C)co1. The summed E-state index contributed by atoms with van der Waals surface area (Å²) in [5.41, 5.74) is 7.43. The Labute approximate surface area is 98.4 Å². The topological polar surface area (TPSA) is 86.1 Å². The highest BCUT2D eigenvalue weighted by molar-refractivity contribution is 6.05. The zero-order valence-corrected chi connectivity index (χ0v) is 9.94. The molecule has 0 saturated heterocycles. The molecule has 0 aromatic carbocycles. The lowest BCUT2D eigenvalue weighted by Crippen LogP contribution is -2.14. The largest absolute Gasteiger partial charge is 0.469 e. The first-order valence-electron chi connectivity index (χ1n) is 5.14. The number of carbonyl (C=O) groups is 1. The smallest absolute Gasteiger partial charge is 0.260 e. The first-order valence-corrected chi connectivity index (χ1v) is 5.14. The minimum Gasteiger partial charge on any atom is -0.469 e. The monoisotopic (exact) mass is 234 g/mol. The van der Waals surface area contributed by atoms with E-state index in [0.29, 0.717) is 28.5 Å². The fraction of sp³-hybridized carbons (Fsp3) is 0.273. The van der Waals surface area contributed by atoms with Gasteiger partial charge in [-0.15, -0.1) is 0 Å². The van der Waals surface area contributed by atoms with Crippen LogP contribution in [0.3, 0.4) is 0 Å². The standard InChI is InChI=1S/C11H14N4O2/c1-6-4-8(5-17-6)11(16)13-10-9(12)7(2)14-15(10)3/h4-5H,12H2,1-3H3,(H,13,16). The molecule has 0 radical (unpaired) electrons. The van der Waals surface area contributed by atoms with E-state index < -0.39 is 0 Å². The molecule has 1 amide bonds. The summed E-state index contributed by atoms with van der Waals surface area (Å²) >= 11 is 0. The predicted molar refractivity (Wildman–Crippen MR) is 63.8 cm³/mol. The summed E-state index contributed by atoms with van der Waals surface area (Å²) in [5.74, 6) is 0.909. The van der Waals surface area contributed by atoms with E-state index in [2.05, 4.69) is 10.4 Å². The van der Waals surface area contributed by atoms with Crippen molar-refractivity contribution < 1.29 is 9.21 Å². The summed E-state index contributed by atoms with van der Waals surface area (Å²) in [6.07, 6.45) is 1.41. The van der Waals surface area contributed by atoms with E-state index in [0.717, 1.165) is 0 Å². The number of hydrogen-bond acceptors (Lipinski definition) is 4. The fourth-order valence-corrected chi connectivity index (χ4v) is 1.57. The highest BCUT2D eigenvalue weighted by Crippen LogP contribution is 2.21. The number of amides is 1. The Morgan fingerprint density at radius 1 is 1.53 bits per heavy atom. The summed E-state index contributed by atoms with van der Waals surface area (Å²) in [4.78, 5) is 11.9. The molecule has 0 unspecified atom stereocenters. The van der Waals surface area contributed by atoms with E-state index in [1.807, 2.05) is 0 Å². The van der Waals surface area contributed by atoms with Crippen LogP contribution in [0.1, 0.15) is 21.8 Å². The number of nitrogen functional groups attached to an aromatic ring is 1. The lowest BCUT2D eigenvalue weighted by atomic mass is 10.3. The van der Waals surface area contributed by atoms with E-state index in [4.69, 9.17) is 10.2 Å². The molecule has 0 spiro atoms. The number of nitrogens with one attached hydrogen (secondary N) is 1. The minimum atomic E-state index is -0.267. The molecule has 3 N–H and O–H groups in total. The van der Waals surface area contributed by atoms with Gasteiger partial charge in [0.25, 0.3) is 5.91 Å². The normalized spacial score (nSPS) is 10.5. The van der Waals surface area contributed by atoms with Crippen LogP contribution in [0.25, 0.3) is 0 Å². The van der Waals surface area contributed by atoms with Crippen LogP contribution in [0.4, 0.5) is 11.5 Å². The van der Waals surface area contributed by atoms with Gasteiger partial charge in [0.2, 0.25) is 0 Å². The van der Waals surface area contributed by atoms with Gasteiger partial charge in [-0.3, -0.25) is 9.48 Å². The van der Waals surface area contributed by atoms with Crippen LogP contribution in [0.15, 0.2) is 16.7 Å². The van der Waals surface area contributed by atoms with E-state index in [1.54, 1.807) is 27.0 Å². The maximum atomic E-state index is 11.9. The van der Waals surface area contributed by atoms with Crippen molar-refractivity contribution in [3.63, 3.8) is 0 Å². The zero-order valence-electron chi connectivity index (χ0n) is 9.94. The van der Waals surface area contributed by atoms with Crippen LogP contribution in [0, 0.1) is 13.8 Å². The third-order valence-electron chi connectivity index (χ3n) is 2.49. The Bertz CT molecular complexity index is 568. The third kappa shape index (κ3) is 2.01. The number of furan rings is 1. The number of carbonyl (C=O) groups excluding carboxylic acids is 1. The first-order chi connectivity index (χ1) is 7.99. The molecule has 0 saturated carbocycles. The molecule has 90 valence electrons. The maximum absolute atomic E-state index is 11.9. The Kier molecular flexibility index (Phi) is 2.63. The quantitative estimate of drug-likeness (QED) is 0.823.